The van der Waals surface area contributed by atoms with Gasteiger partial charge in [0.2, 0.25) is 0 Å². The Kier molecular flexibility index (Phi) is 5.22. The van der Waals surface area contributed by atoms with Gasteiger partial charge in [-0.15, -0.1) is 0 Å². The summed E-state index contributed by atoms with van der Waals surface area (Å²) in [5.41, 5.74) is -0.612. The van der Waals surface area contributed by atoms with E-state index in [0.717, 1.165) is 18.4 Å². The van der Waals surface area contributed by atoms with Gasteiger partial charge in [-0.1, -0.05) is 24.3 Å². The van der Waals surface area contributed by atoms with Gasteiger partial charge in [-0.3, -0.25) is 0 Å². The number of ether oxygens (including phenoxy) is 1. The highest BCUT2D eigenvalue weighted by Crippen LogP contribution is 2.32. The first-order valence-corrected chi connectivity index (χ1v) is 9.02. The van der Waals surface area contributed by atoms with E-state index in [0.29, 0.717) is 5.56 Å². The van der Waals surface area contributed by atoms with Crippen molar-refractivity contribution in [1.82, 2.24) is 0 Å². The van der Waals surface area contributed by atoms with Gasteiger partial charge in [0, 0.05) is 11.8 Å². The van der Waals surface area contributed by atoms with E-state index in [1.165, 1.54) is 30.3 Å². The van der Waals surface area contributed by atoms with Crippen molar-refractivity contribution in [2.45, 2.75) is 24.6 Å². The molecule has 0 heterocycles. The van der Waals surface area contributed by atoms with Gasteiger partial charge in [0.1, 0.15) is 6.61 Å². The number of hydrogen-bond acceptors (Lipinski definition) is 4. The van der Waals surface area contributed by atoms with Crippen LogP contribution in [0.1, 0.15) is 27.0 Å². The third-order valence-corrected chi connectivity index (χ3v) is 4.65. The lowest BCUT2D eigenvalue weighted by Gasteiger charge is -2.13. The van der Waals surface area contributed by atoms with Crippen LogP contribution in [0.15, 0.2) is 47.4 Å². The van der Waals surface area contributed by atoms with Crippen molar-refractivity contribution < 1.29 is 31.1 Å². The molecule has 0 spiro atoms. The molecule has 0 saturated heterocycles. The SMILES string of the molecule is Cc1ccc(S(C)(=O)=O)cc1C(=O)OCc1ccccc1C(F)(F)F. The highest BCUT2D eigenvalue weighted by atomic mass is 32.2. The maximum absolute atomic E-state index is 12.9. The van der Waals surface area contributed by atoms with E-state index in [1.807, 2.05) is 0 Å². The molecule has 2 aromatic carbocycles. The highest BCUT2D eigenvalue weighted by Gasteiger charge is 2.33. The topological polar surface area (TPSA) is 60.4 Å². The number of alkyl halides is 3. The van der Waals surface area contributed by atoms with E-state index in [2.05, 4.69) is 0 Å². The monoisotopic (exact) mass is 372 g/mol. The average molecular weight is 372 g/mol. The van der Waals surface area contributed by atoms with Crippen LogP contribution in [-0.2, 0) is 27.4 Å². The Hall–Kier alpha value is -2.35. The lowest BCUT2D eigenvalue weighted by atomic mass is 10.1. The molecule has 0 unspecified atom stereocenters. The van der Waals surface area contributed by atoms with Gasteiger partial charge in [0.25, 0.3) is 0 Å². The normalized spacial score (nSPS) is 12.0. The standard InChI is InChI=1S/C17H15F3O4S/c1-11-7-8-13(25(2,22)23)9-14(11)16(21)24-10-12-5-3-4-6-15(12)17(18,19)20/h3-9H,10H2,1-2H3. The number of carbonyl (C=O) groups is 1. The van der Waals surface area contributed by atoms with Crippen LogP contribution in [0.4, 0.5) is 13.2 Å². The van der Waals surface area contributed by atoms with Crippen LogP contribution < -0.4 is 0 Å². The van der Waals surface area contributed by atoms with Gasteiger partial charge < -0.3 is 4.74 Å². The zero-order chi connectivity index (χ0) is 18.8. The molecule has 0 amide bonds. The van der Waals surface area contributed by atoms with Crippen molar-refractivity contribution in [1.29, 1.82) is 0 Å². The predicted molar refractivity (Wildman–Crippen MR) is 84.9 cm³/mol. The lowest BCUT2D eigenvalue weighted by molar-refractivity contribution is -0.138. The number of sulfone groups is 1. The van der Waals surface area contributed by atoms with Gasteiger partial charge in [-0.05, 0) is 30.7 Å². The Morgan fingerprint density at radius 1 is 1.12 bits per heavy atom. The van der Waals surface area contributed by atoms with Crippen LogP contribution in [-0.4, -0.2) is 20.6 Å². The van der Waals surface area contributed by atoms with Crippen LogP contribution in [0.3, 0.4) is 0 Å². The molecule has 0 aromatic heterocycles. The number of esters is 1. The second-order valence-electron chi connectivity index (χ2n) is 5.48. The molecule has 0 fully saturated rings. The summed E-state index contributed by atoms with van der Waals surface area (Å²) in [6.07, 6.45) is -3.57. The Morgan fingerprint density at radius 3 is 2.36 bits per heavy atom. The largest absolute Gasteiger partial charge is 0.457 e. The van der Waals surface area contributed by atoms with Gasteiger partial charge in [0.15, 0.2) is 9.84 Å². The average Bonchev–Trinajstić information content (AvgIpc) is 2.51. The van der Waals surface area contributed by atoms with E-state index >= 15 is 0 Å². The third kappa shape index (κ3) is 4.60. The summed E-state index contributed by atoms with van der Waals surface area (Å²) < 4.78 is 66.9. The number of halogens is 3. The van der Waals surface area contributed by atoms with Crippen LogP contribution in [0.5, 0.6) is 0 Å². The van der Waals surface area contributed by atoms with Crippen LogP contribution in [0.25, 0.3) is 0 Å². The molecule has 4 nitrogen and oxygen atoms in total. The second-order valence-corrected chi connectivity index (χ2v) is 7.50. The Labute approximate surface area is 143 Å². The second kappa shape index (κ2) is 6.87. The fourth-order valence-corrected chi connectivity index (χ4v) is 2.84. The van der Waals surface area contributed by atoms with Crippen molar-refractivity contribution >= 4 is 15.8 Å². The zero-order valence-electron chi connectivity index (χ0n) is 13.4. The minimum atomic E-state index is -4.56. The quantitative estimate of drug-likeness (QED) is 0.767. The highest BCUT2D eigenvalue weighted by molar-refractivity contribution is 7.90. The Bertz CT molecular complexity index is 902. The van der Waals surface area contributed by atoms with Crippen molar-refractivity contribution in [3.05, 3.63) is 64.7 Å². The van der Waals surface area contributed by atoms with Gasteiger partial charge >= 0.3 is 12.1 Å². The summed E-state index contributed by atoms with van der Waals surface area (Å²) in [6, 6.07) is 8.72. The zero-order valence-corrected chi connectivity index (χ0v) is 14.2. The first kappa shape index (κ1) is 19.0. The van der Waals surface area contributed by atoms with Crippen LogP contribution in [0, 0.1) is 6.92 Å². The lowest BCUT2D eigenvalue weighted by Crippen LogP contribution is -2.13. The molecule has 2 rings (SSSR count). The summed E-state index contributed by atoms with van der Waals surface area (Å²) >= 11 is 0. The minimum Gasteiger partial charge on any atom is -0.457 e. The molecule has 0 aliphatic heterocycles. The molecule has 2 aromatic rings. The third-order valence-electron chi connectivity index (χ3n) is 3.54. The van der Waals surface area contributed by atoms with Crippen molar-refractivity contribution in [2.24, 2.45) is 0 Å². The Balaban J connectivity index is 2.25. The van der Waals surface area contributed by atoms with Crippen LogP contribution in [0.2, 0.25) is 0 Å². The van der Waals surface area contributed by atoms with E-state index in [1.54, 1.807) is 6.92 Å². The number of rotatable bonds is 4. The van der Waals surface area contributed by atoms with E-state index in [4.69, 9.17) is 4.74 Å². The van der Waals surface area contributed by atoms with Gasteiger partial charge in [0.05, 0.1) is 16.0 Å². The van der Waals surface area contributed by atoms with Crippen molar-refractivity contribution in [3.8, 4) is 0 Å². The van der Waals surface area contributed by atoms with Crippen molar-refractivity contribution in [2.75, 3.05) is 6.26 Å². The number of carbonyl (C=O) groups excluding carboxylic acids is 1. The molecule has 134 valence electrons. The summed E-state index contributed by atoms with van der Waals surface area (Å²) in [5.74, 6) is -0.889. The molecular weight excluding hydrogens is 357 g/mol. The van der Waals surface area contributed by atoms with E-state index in [9.17, 15) is 26.4 Å². The van der Waals surface area contributed by atoms with E-state index < -0.39 is 34.2 Å². The fraction of sp³-hybridized carbons (Fsp3) is 0.235. The fourth-order valence-electron chi connectivity index (χ4n) is 2.20. The predicted octanol–water partition coefficient (Wildman–Crippen LogP) is 3.77. The molecule has 25 heavy (non-hydrogen) atoms. The molecule has 0 aliphatic carbocycles. The molecule has 0 saturated carbocycles. The molecular formula is C17H15F3O4S. The number of hydrogen-bond donors (Lipinski definition) is 0. The number of benzene rings is 2. The molecule has 0 aliphatic rings. The van der Waals surface area contributed by atoms with E-state index in [-0.39, 0.29) is 16.0 Å². The van der Waals surface area contributed by atoms with Gasteiger partial charge in [-0.25, -0.2) is 13.2 Å². The molecule has 8 heteroatoms. The summed E-state index contributed by atoms with van der Waals surface area (Å²) in [5, 5.41) is 0. The molecule has 0 N–H and O–H groups in total. The van der Waals surface area contributed by atoms with Crippen molar-refractivity contribution in [3.63, 3.8) is 0 Å². The molecule has 0 bridgehead atoms. The maximum Gasteiger partial charge on any atom is 0.416 e. The van der Waals surface area contributed by atoms with Gasteiger partial charge in [-0.2, -0.15) is 13.2 Å². The first-order chi connectivity index (χ1) is 11.5. The number of aryl methyl sites for hydroxylation is 1. The summed E-state index contributed by atoms with van der Waals surface area (Å²) in [6.45, 7) is 1.00. The minimum absolute atomic E-state index is 0.00702. The molecule has 0 atom stereocenters. The Morgan fingerprint density at radius 2 is 1.76 bits per heavy atom. The molecule has 0 radical (unpaired) electrons. The summed E-state index contributed by atoms with van der Waals surface area (Å²) in [7, 11) is -3.53. The first-order valence-electron chi connectivity index (χ1n) is 7.13. The smallest absolute Gasteiger partial charge is 0.416 e. The van der Waals surface area contributed by atoms with Crippen LogP contribution >= 0.6 is 0 Å². The maximum atomic E-state index is 12.9. The summed E-state index contributed by atoms with van der Waals surface area (Å²) in [4.78, 5) is 12.1.